The van der Waals surface area contributed by atoms with Crippen molar-refractivity contribution in [3.63, 3.8) is 0 Å². The van der Waals surface area contributed by atoms with Gasteiger partial charge in [-0.15, -0.1) is 0 Å². The number of rotatable bonds is 7. The van der Waals surface area contributed by atoms with E-state index < -0.39 is 0 Å². The first kappa shape index (κ1) is 22.2. The van der Waals surface area contributed by atoms with E-state index >= 15 is 0 Å². The van der Waals surface area contributed by atoms with Gasteiger partial charge < -0.3 is 9.47 Å². The third-order valence-electron chi connectivity index (χ3n) is 4.17. The zero-order valence-corrected chi connectivity index (χ0v) is 18.5. The minimum absolute atomic E-state index is 0.147. The third-order valence-corrected chi connectivity index (χ3v) is 5.46. The van der Waals surface area contributed by atoms with Gasteiger partial charge in [-0.3, -0.25) is 9.69 Å². The molecule has 0 atom stereocenters. The SMILES string of the molecule is CCOc1cc(/C=C2/SC(=Nc3ccc(F)cc3)N(CC)C2=O)cc(Cl)c1OCC. The fraction of sp³-hybridized carbons (Fsp3) is 0.273. The summed E-state index contributed by atoms with van der Waals surface area (Å²) in [5.41, 5.74) is 1.30. The Morgan fingerprint density at radius 1 is 1.13 bits per heavy atom. The Labute approximate surface area is 184 Å². The van der Waals surface area contributed by atoms with Crippen LogP contribution in [-0.4, -0.2) is 35.7 Å². The second kappa shape index (κ2) is 10.00. The van der Waals surface area contributed by atoms with Crippen molar-refractivity contribution < 1.29 is 18.7 Å². The number of thioether (sulfide) groups is 1. The number of amidine groups is 1. The Morgan fingerprint density at radius 2 is 1.83 bits per heavy atom. The number of aliphatic imine (C=N–C) groups is 1. The van der Waals surface area contributed by atoms with E-state index in [0.717, 1.165) is 5.56 Å². The number of benzene rings is 2. The summed E-state index contributed by atoms with van der Waals surface area (Å²) in [6, 6.07) is 9.36. The summed E-state index contributed by atoms with van der Waals surface area (Å²) in [5, 5.41) is 0.958. The first-order valence-electron chi connectivity index (χ1n) is 9.61. The highest BCUT2D eigenvalue weighted by Crippen LogP contribution is 2.39. The Morgan fingerprint density at radius 3 is 2.47 bits per heavy atom. The molecule has 1 fully saturated rings. The number of hydrogen-bond acceptors (Lipinski definition) is 5. The predicted molar refractivity (Wildman–Crippen MR) is 120 cm³/mol. The fourth-order valence-electron chi connectivity index (χ4n) is 2.87. The van der Waals surface area contributed by atoms with E-state index in [1.54, 1.807) is 35.2 Å². The van der Waals surface area contributed by atoms with E-state index in [1.165, 1.54) is 23.9 Å². The van der Waals surface area contributed by atoms with Gasteiger partial charge in [0.1, 0.15) is 5.82 Å². The normalized spacial score (nSPS) is 16.6. The molecule has 30 heavy (non-hydrogen) atoms. The topological polar surface area (TPSA) is 51.1 Å². The third kappa shape index (κ3) is 4.96. The maximum Gasteiger partial charge on any atom is 0.266 e. The van der Waals surface area contributed by atoms with Gasteiger partial charge >= 0.3 is 0 Å². The molecule has 0 bridgehead atoms. The molecule has 5 nitrogen and oxygen atoms in total. The molecule has 1 amide bonds. The molecule has 1 aliphatic rings. The van der Waals surface area contributed by atoms with Gasteiger partial charge in [0.25, 0.3) is 5.91 Å². The van der Waals surface area contributed by atoms with Crippen LogP contribution in [0.3, 0.4) is 0 Å². The van der Waals surface area contributed by atoms with Crippen molar-refractivity contribution in [2.45, 2.75) is 20.8 Å². The lowest BCUT2D eigenvalue weighted by Crippen LogP contribution is -2.28. The summed E-state index contributed by atoms with van der Waals surface area (Å²) < 4.78 is 24.4. The zero-order valence-electron chi connectivity index (χ0n) is 16.9. The van der Waals surface area contributed by atoms with E-state index in [2.05, 4.69) is 4.99 Å². The Hall–Kier alpha value is -2.51. The van der Waals surface area contributed by atoms with Crippen LogP contribution in [0.1, 0.15) is 26.3 Å². The van der Waals surface area contributed by atoms with E-state index in [0.29, 0.717) is 52.0 Å². The van der Waals surface area contributed by atoms with Gasteiger partial charge in [-0.05, 0) is 80.6 Å². The molecule has 3 rings (SSSR count). The number of amides is 1. The molecule has 158 valence electrons. The quantitative estimate of drug-likeness (QED) is 0.495. The molecule has 1 heterocycles. The van der Waals surface area contributed by atoms with Crippen molar-refractivity contribution in [3.8, 4) is 11.5 Å². The summed E-state index contributed by atoms with van der Waals surface area (Å²) in [6.45, 7) is 7.02. The van der Waals surface area contributed by atoms with Gasteiger partial charge in [0.2, 0.25) is 0 Å². The highest BCUT2D eigenvalue weighted by Gasteiger charge is 2.32. The van der Waals surface area contributed by atoms with Crippen molar-refractivity contribution in [1.82, 2.24) is 4.90 Å². The first-order chi connectivity index (χ1) is 14.5. The molecule has 0 spiro atoms. The lowest BCUT2D eigenvalue weighted by Gasteiger charge is -2.13. The van der Waals surface area contributed by atoms with Crippen LogP contribution in [0, 0.1) is 5.82 Å². The minimum atomic E-state index is -0.334. The lowest BCUT2D eigenvalue weighted by atomic mass is 10.1. The van der Waals surface area contributed by atoms with Crippen molar-refractivity contribution in [2.75, 3.05) is 19.8 Å². The molecule has 0 unspecified atom stereocenters. The van der Waals surface area contributed by atoms with Crippen molar-refractivity contribution in [1.29, 1.82) is 0 Å². The number of ether oxygens (including phenoxy) is 2. The van der Waals surface area contributed by atoms with Crippen LogP contribution in [0.15, 0.2) is 46.3 Å². The van der Waals surface area contributed by atoms with E-state index in [4.69, 9.17) is 21.1 Å². The maximum atomic E-state index is 13.1. The Balaban J connectivity index is 1.95. The standard InChI is InChI=1S/C22H22ClFN2O3S/c1-4-26-21(27)19(30-22(26)25-16-9-7-15(24)8-10-16)13-14-11-17(23)20(29-6-3)18(12-14)28-5-2/h7-13H,4-6H2,1-3H3/b19-13+,25-22?. The summed E-state index contributed by atoms with van der Waals surface area (Å²) in [4.78, 5) is 19.5. The van der Waals surface area contributed by atoms with Crippen LogP contribution in [0.4, 0.5) is 10.1 Å². The fourth-order valence-corrected chi connectivity index (χ4v) is 4.20. The number of halogens is 2. The Kier molecular flexibility index (Phi) is 7.39. The van der Waals surface area contributed by atoms with Crippen LogP contribution in [0.25, 0.3) is 6.08 Å². The average molecular weight is 449 g/mol. The second-order valence-electron chi connectivity index (χ2n) is 6.23. The van der Waals surface area contributed by atoms with Crippen LogP contribution in [0.2, 0.25) is 5.02 Å². The molecule has 8 heteroatoms. The number of carbonyl (C=O) groups is 1. The van der Waals surface area contributed by atoms with E-state index in [-0.39, 0.29) is 11.7 Å². The first-order valence-corrected chi connectivity index (χ1v) is 10.8. The zero-order chi connectivity index (χ0) is 21.7. The van der Waals surface area contributed by atoms with E-state index in [1.807, 2.05) is 20.8 Å². The molecule has 0 N–H and O–H groups in total. The van der Waals surface area contributed by atoms with Gasteiger partial charge in [0.05, 0.1) is 28.8 Å². The largest absolute Gasteiger partial charge is 0.490 e. The van der Waals surface area contributed by atoms with Crippen LogP contribution < -0.4 is 9.47 Å². The summed E-state index contributed by atoms with van der Waals surface area (Å²) >= 11 is 7.65. The van der Waals surface area contributed by atoms with Gasteiger partial charge in [-0.1, -0.05) is 11.6 Å². The molecule has 0 aromatic heterocycles. The summed E-state index contributed by atoms with van der Waals surface area (Å²) in [5.74, 6) is 0.537. The van der Waals surface area contributed by atoms with Gasteiger partial charge in [-0.25, -0.2) is 9.38 Å². The predicted octanol–water partition coefficient (Wildman–Crippen LogP) is 5.90. The number of hydrogen-bond donors (Lipinski definition) is 0. The molecular weight excluding hydrogens is 427 g/mol. The molecule has 1 saturated heterocycles. The Bertz CT molecular complexity index is 993. The van der Waals surface area contributed by atoms with Crippen molar-refractivity contribution in [3.05, 3.63) is 57.7 Å². The molecule has 1 aliphatic heterocycles. The lowest BCUT2D eigenvalue weighted by molar-refractivity contribution is -0.122. The van der Waals surface area contributed by atoms with Gasteiger partial charge in [-0.2, -0.15) is 0 Å². The maximum absolute atomic E-state index is 13.1. The van der Waals surface area contributed by atoms with Crippen LogP contribution in [-0.2, 0) is 4.79 Å². The van der Waals surface area contributed by atoms with Gasteiger partial charge in [0.15, 0.2) is 16.7 Å². The molecular formula is C22H22ClFN2O3S. The smallest absolute Gasteiger partial charge is 0.266 e. The molecule has 0 aliphatic carbocycles. The van der Waals surface area contributed by atoms with Crippen molar-refractivity contribution in [2.24, 2.45) is 4.99 Å². The van der Waals surface area contributed by atoms with Gasteiger partial charge in [0, 0.05) is 6.54 Å². The van der Waals surface area contributed by atoms with Crippen LogP contribution >= 0.6 is 23.4 Å². The van der Waals surface area contributed by atoms with E-state index in [9.17, 15) is 9.18 Å². The molecule has 2 aromatic rings. The molecule has 0 radical (unpaired) electrons. The minimum Gasteiger partial charge on any atom is -0.490 e. The van der Waals surface area contributed by atoms with Crippen molar-refractivity contribution >= 4 is 46.2 Å². The highest BCUT2D eigenvalue weighted by molar-refractivity contribution is 8.18. The highest BCUT2D eigenvalue weighted by atomic mass is 35.5. The number of nitrogens with zero attached hydrogens (tertiary/aromatic N) is 2. The van der Waals surface area contributed by atoms with Crippen LogP contribution in [0.5, 0.6) is 11.5 Å². The number of likely N-dealkylation sites (N-methyl/N-ethyl adjacent to an activating group) is 1. The summed E-state index contributed by atoms with van der Waals surface area (Å²) in [6.07, 6.45) is 1.76. The number of carbonyl (C=O) groups excluding carboxylic acids is 1. The monoisotopic (exact) mass is 448 g/mol. The average Bonchev–Trinajstić information content (AvgIpc) is 3.00. The summed E-state index contributed by atoms with van der Waals surface area (Å²) in [7, 11) is 0. The molecule has 2 aromatic carbocycles. The second-order valence-corrected chi connectivity index (χ2v) is 7.64. The molecule has 0 saturated carbocycles.